The molecule has 1 aliphatic heterocycles. The minimum Gasteiger partial charge on any atom is -0.507 e. The van der Waals surface area contributed by atoms with E-state index in [0.717, 1.165) is 22.6 Å². The fraction of sp³-hybridized carbons (Fsp3) is 0.188. The van der Waals surface area contributed by atoms with E-state index in [4.69, 9.17) is 9.47 Å². The van der Waals surface area contributed by atoms with Crippen LogP contribution in [0.25, 0.3) is 0 Å². The van der Waals surface area contributed by atoms with Crippen molar-refractivity contribution in [2.75, 3.05) is 6.79 Å². The predicted octanol–water partition coefficient (Wildman–Crippen LogP) is 3.32. The lowest BCUT2D eigenvalue weighted by molar-refractivity contribution is -0.0163. The van der Waals surface area contributed by atoms with Crippen LogP contribution in [0, 0.1) is 6.92 Å². The fourth-order valence-corrected chi connectivity index (χ4v) is 2.08. The van der Waals surface area contributed by atoms with Gasteiger partial charge in [-0.2, -0.15) is 0 Å². The number of ether oxygens (including phenoxy) is 2. The molecule has 1 N–H and O–H groups in total. The van der Waals surface area contributed by atoms with Gasteiger partial charge in [0, 0.05) is 17.3 Å². The van der Waals surface area contributed by atoms with Crippen LogP contribution in [-0.2, 0) is 11.3 Å². The summed E-state index contributed by atoms with van der Waals surface area (Å²) in [5.74, 6) is 1.07. The van der Waals surface area contributed by atoms with Crippen molar-refractivity contribution in [1.82, 2.24) is 0 Å². The molecule has 0 radical (unpaired) electrons. The zero-order chi connectivity index (χ0) is 13.9. The zero-order valence-corrected chi connectivity index (χ0v) is 11.2. The molecule has 4 nitrogen and oxygen atoms in total. The van der Waals surface area contributed by atoms with Gasteiger partial charge in [0.05, 0.1) is 12.3 Å². The Morgan fingerprint density at radius 1 is 1.20 bits per heavy atom. The van der Waals surface area contributed by atoms with E-state index in [9.17, 15) is 5.11 Å². The smallest absolute Gasteiger partial charge is 0.189 e. The van der Waals surface area contributed by atoms with Crippen molar-refractivity contribution in [3.8, 4) is 11.5 Å². The Balaban J connectivity index is 1.87. The summed E-state index contributed by atoms with van der Waals surface area (Å²) in [6, 6.07) is 11.1. The maximum Gasteiger partial charge on any atom is 0.189 e. The number of phenolic OH excluding ortho intramolecular Hbond substituents is 1. The van der Waals surface area contributed by atoms with E-state index in [1.165, 1.54) is 0 Å². The largest absolute Gasteiger partial charge is 0.507 e. The average molecular weight is 269 g/mol. The van der Waals surface area contributed by atoms with Crippen molar-refractivity contribution >= 4 is 11.9 Å². The Morgan fingerprint density at radius 3 is 3.00 bits per heavy atom. The van der Waals surface area contributed by atoms with Gasteiger partial charge in [0.25, 0.3) is 0 Å². The molecule has 0 fully saturated rings. The number of phenols is 1. The molecular formula is C16H15NO3. The first kappa shape index (κ1) is 12.7. The Hall–Kier alpha value is -2.33. The van der Waals surface area contributed by atoms with Gasteiger partial charge in [-0.25, -0.2) is 0 Å². The van der Waals surface area contributed by atoms with Gasteiger partial charge < -0.3 is 14.6 Å². The van der Waals surface area contributed by atoms with Crippen LogP contribution in [0.5, 0.6) is 11.5 Å². The van der Waals surface area contributed by atoms with E-state index in [0.29, 0.717) is 19.0 Å². The number of hydrogen-bond donors (Lipinski definition) is 1. The van der Waals surface area contributed by atoms with Crippen molar-refractivity contribution in [2.45, 2.75) is 13.5 Å². The number of aliphatic imine (C=N–C) groups is 1. The third-order valence-electron chi connectivity index (χ3n) is 3.14. The van der Waals surface area contributed by atoms with E-state index in [1.54, 1.807) is 12.3 Å². The minimum atomic E-state index is 0.226. The minimum absolute atomic E-state index is 0.226. The number of aryl methyl sites for hydroxylation is 1. The fourth-order valence-electron chi connectivity index (χ4n) is 2.08. The lowest BCUT2D eigenvalue weighted by Gasteiger charge is -2.17. The zero-order valence-electron chi connectivity index (χ0n) is 11.2. The molecule has 2 aromatic carbocycles. The summed E-state index contributed by atoms with van der Waals surface area (Å²) in [7, 11) is 0. The van der Waals surface area contributed by atoms with Gasteiger partial charge in [0.1, 0.15) is 11.5 Å². The molecule has 0 spiro atoms. The van der Waals surface area contributed by atoms with E-state index >= 15 is 0 Å². The Labute approximate surface area is 117 Å². The number of aromatic hydroxyl groups is 1. The van der Waals surface area contributed by atoms with Gasteiger partial charge in [-0.3, -0.25) is 4.99 Å². The van der Waals surface area contributed by atoms with Gasteiger partial charge in [-0.1, -0.05) is 11.6 Å². The molecule has 102 valence electrons. The first-order valence-electron chi connectivity index (χ1n) is 6.39. The molecule has 4 heteroatoms. The Kier molecular flexibility index (Phi) is 3.39. The van der Waals surface area contributed by atoms with Gasteiger partial charge in [-0.05, 0) is 37.3 Å². The second-order valence-electron chi connectivity index (χ2n) is 4.72. The highest BCUT2D eigenvalue weighted by molar-refractivity contribution is 5.85. The summed E-state index contributed by atoms with van der Waals surface area (Å²) < 4.78 is 10.6. The van der Waals surface area contributed by atoms with Crippen molar-refractivity contribution in [3.05, 3.63) is 53.1 Å². The van der Waals surface area contributed by atoms with Gasteiger partial charge >= 0.3 is 0 Å². The molecule has 0 saturated carbocycles. The number of fused-ring (bicyclic) bond motifs is 1. The molecular weight excluding hydrogens is 254 g/mol. The molecule has 20 heavy (non-hydrogen) atoms. The van der Waals surface area contributed by atoms with E-state index in [2.05, 4.69) is 4.99 Å². The molecule has 0 aromatic heterocycles. The maximum absolute atomic E-state index is 9.77. The molecule has 0 bridgehead atoms. The quantitative estimate of drug-likeness (QED) is 0.851. The van der Waals surface area contributed by atoms with E-state index in [1.807, 2.05) is 37.3 Å². The second-order valence-corrected chi connectivity index (χ2v) is 4.72. The Bertz CT molecular complexity index is 665. The highest BCUT2D eigenvalue weighted by atomic mass is 16.7. The number of rotatable bonds is 2. The first-order valence-corrected chi connectivity index (χ1v) is 6.39. The second kappa shape index (κ2) is 5.35. The predicted molar refractivity (Wildman–Crippen MR) is 76.8 cm³/mol. The maximum atomic E-state index is 9.77. The molecule has 1 aliphatic rings. The van der Waals surface area contributed by atoms with Crippen molar-refractivity contribution < 1.29 is 14.6 Å². The van der Waals surface area contributed by atoms with E-state index < -0.39 is 0 Å². The van der Waals surface area contributed by atoms with Crippen LogP contribution in [0.2, 0.25) is 0 Å². The molecule has 2 aromatic rings. The summed E-state index contributed by atoms with van der Waals surface area (Å²) in [6.07, 6.45) is 1.66. The highest BCUT2D eigenvalue weighted by Crippen LogP contribution is 2.28. The summed E-state index contributed by atoms with van der Waals surface area (Å²) >= 11 is 0. The number of benzene rings is 2. The molecule has 1 heterocycles. The van der Waals surface area contributed by atoms with Crippen LogP contribution in [0.4, 0.5) is 5.69 Å². The monoisotopic (exact) mass is 269 g/mol. The topological polar surface area (TPSA) is 51.1 Å². The standard InChI is InChI=1S/C16H15NO3/c1-11-2-4-15(18)12(6-11)8-17-14-3-5-16-13(7-14)9-19-10-20-16/h2-8,18H,9-10H2,1H3/b17-8+. The van der Waals surface area contributed by atoms with E-state index in [-0.39, 0.29) is 5.75 Å². The van der Waals surface area contributed by atoms with Crippen LogP contribution in [0.15, 0.2) is 41.4 Å². The van der Waals surface area contributed by atoms with Crippen LogP contribution in [0.1, 0.15) is 16.7 Å². The van der Waals surface area contributed by atoms with Crippen molar-refractivity contribution in [2.24, 2.45) is 4.99 Å². The van der Waals surface area contributed by atoms with Gasteiger partial charge in [0.15, 0.2) is 6.79 Å². The van der Waals surface area contributed by atoms with Crippen LogP contribution < -0.4 is 4.74 Å². The normalized spacial score (nSPS) is 14.1. The molecule has 0 aliphatic carbocycles. The van der Waals surface area contributed by atoms with Crippen LogP contribution >= 0.6 is 0 Å². The summed E-state index contributed by atoms with van der Waals surface area (Å²) in [5, 5.41) is 9.77. The van der Waals surface area contributed by atoms with Gasteiger partial charge in [0.2, 0.25) is 0 Å². The third kappa shape index (κ3) is 2.65. The SMILES string of the molecule is Cc1ccc(O)c(/C=N/c2ccc3c(c2)COCO3)c1. The lowest BCUT2D eigenvalue weighted by Crippen LogP contribution is -2.10. The van der Waals surface area contributed by atoms with Crippen LogP contribution in [-0.4, -0.2) is 18.1 Å². The molecule has 0 unspecified atom stereocenters. The summed E-state index contributed by atoms with van der Waals surface area (Å²) in [4.78, 5) is 4.39. The highest BCUT2D eigenvalue weighted by Gasteiger charge is 2.10. The van der Waals surface area contributed by atoms with Gasteiger partial charge in [-0.15, -0.1) is 0 Å². The molecule has 0 saturated heterocycles. The molecule has 3 rings (SSSR count). The van der Waals surface area contributed by atoms with Crippen molar-refractivity contribution in [3.63, 3.8) is 0 Å². The molecule has 0 amide bonds. The summed E-state index contributed by atoms with van der Waals surface area (Å²) in [5.41, 5.74) is 3.57. The lowest BCUT2D eigenvalue weighted by atomic mass is 10.1. The number of nitrogens with zero attached hydrogens (tertiary/aromatic N) is 1. The first-order chi connectivity index (χ1) is 9.72. The Morgan fingerprint density at radius 2 is 2.10 bits per heavy atom. The third-order valence-corrected chi connectivity index (χ3v) is 3.14. The summed E-state index contributed by atoms with van der Waals surface area (Å²) in [6.45, 7) is 2.81. The molecule has 0 atom stereocenters. The average Bonchev–Trinajstić information content (AvgIpc) is 2.48. The van der Waals surface area contributed by atoms with Crippen LogP contribution in [0.3, 0.4) is 0 Å². The van der Waals surface area contributed by atoms with Crippen molar-refractivity contribution in [1.29, 1.82) is 0 Å². The number of hydrogen-bond acceptors (Lipinski definition) is 4.